The van der Waals surface area contributed by atoms with Crippen LogP contribution in [0, 0.1) is 5.92 Å². The van der Waals surface area contributed by atoms with Gasteiger partial charge in [0.15, 0.2) is 0 Å². The van der Waals surface area contributed by atoms with Crippen molar-refractivity contribution in [2.24, 2.45) is 5.92 Å². The van der Waals surface area contributed by atoms with Crippen molar-refractivity contribution in [2.45, 2.75) is 39.2 Å². The lowest BCUT2D eigenvalue weighted by molar-refractivity contribution is -0.106. The molecule has 0 unspecified atom stereocenters. The van der Waals surface area contributed by atoms with Crippen molar-refractivity contribution in [3.63, 3.8) is 0 Å². The summed E-state index contributed by atoms with van der Waals surface area (Å²) in [5.41, 5.74) is 0.0858. The summed E-state index contributed by atoms with van der Waals surface area (Å²) in [7, 11) is 0. The molecule has 0 aromatic heterocycles. The highest BCUT2D eigenvalue weighted by Crippen LogP contribution is 2.24. The minimum atomic E-state index is 0.0858. The molecule has 1 rings (SSSR count). The molecule has 0 amide bonds. The van der Waals surface area contributed by atoms with Crippen LogP contribution in [-0.4, -0.2) is 25.4 Å². The molecule has 12 heavy (non-hydrogen) atoms. The van der Waals surface area contributed by atoms with Crippen LogP contribution in [0.15, 0.2) is 0 Å². The maximum Gasteiger partial charge on any atom is 0.0698 e. The number of ether oxygens (including phenoxy) is 2. The van der Waals surface area contributed by atoms with Gasteiger partial charge in [0.25, 0.3) is 0 Å². The molecule has 1 aliphatic heterocycles. The van der Waals surface area contributed by atoms with Crippen LogP contribution in [0.5, 0.6) is 0 Å². The Bertz CT molecular complexity index is 126. The van der Waals surface area contributed by atoms with Crippen LogP contribution in [0.1, 0.15) is 33.6 Å². The van der Waals surface area contributed by atoms with Crippen molar-refractivity contribution in [3.05, 3.63) is 0 Å². The maximum absolute atomic E-state index is 5.85. The van der Waals surface area contributed by atoms with Crippen molar-refractivity contribution >= 4 is 0 Å². The summed E-state index contributed by atoms with van der Waals surface area (Å²) in [6.45, 7) is 9.14. The fourth-order valence-electron chi connectivity index (χ4n) is 1.32. The Morgan fingerprint density at radius 2 is 1.92 bits per heavy atom. The van der Waals surface area contributed by atoms with Crippen molar-refractivity contribution in [2.75, 3.05) is 19.8 Å². The highest BCUT2D eigenvalue weighted by molar-refractivity contribution is 4.78. The fraction of sp³-hybridized carbons (Fsp3) is 1.00. The van der Waals surface area contributed by atoms with Gasteiger partial charge in [-0.3, -0.25) is 0 Å². The Hall–Kier alpha value is -0.0800. The second kappa shape index (κ2) is 4.24. The Morgan fingerprint density at radius 3 is 2.42 bits per heavy atom. The second-order valence-corrected chi connectivity index (χ2v) is 4.27. The smallest absolute Gasteiger partial charge is 0.0698 e. The van der Waals surface area contributed by atoms with Crippen LogP contribution in [0.25, 0.3) is 0 Å². The average molecular weight is 172 g/mol. The highest BCUT2D eigenvalue weighted by atomic mass is 16.5. The quantitative estimate of drug-likeness (QED) is 0.650. The summed E-state index contributed by atoms with van der Waals surface area (Å²) in [6, 6.07) is 0. The third-order valence-electron chi connectivity index (χ3n) is 2.32. The molecule has 0 bridgehead atoms. The molecule has 0 spiro atoms. The first kappa shape index (κ1) is 10.0. The standard InChI is InChI=1S/C10H20O2/c1-9(2)8-12-10(3)4-6-11-7-5-10/h9H,4-8H2,1-3H3. The molecule has 0 atom stereocenters. The second-order valence-electron chi connectivity index (χ2n) is 4.27. The predicted octanol–water partition coefficient (Wildman–Crippen LogP) is 2.23. The van der Waals surface area contributed by atoms with Crippen molar-refractivity contribution < 1.29 is 9.47 Å². The topological polar surface area (TPSA) is 18.5 Å². The van der Waals surface area contributed by atoms with Gasteiger partial charge in [0, 0.05) is 19.8 Å². The van der Waals surface area contributed by atoms with Gasteiger partial charge < -0.3 is 9.47 Å². The van der Waals surface area contributed by atoms with E-state index >= 15 is 0 Å². The molecular formula is C10H20O2. The van der Waals surface area contributed by atoms with Gasteiger partial charge in [0.05, 0.1) is 5.60 Å². The number of rotatable bonds is 3. The zero-order valence-electron chi connectivity index (χ0n) is 8.43. The lowest BCUT2D eigenvalue weighted by Gasteiger charge is -2.34. The molecule has 0 aromatic carbocycles. The van der Waals surface area contributed by atoms with E-state index in [-0.39, 0.29) is 5.60 Å². The van der Waals surface area contributed by atoms with Gasteiger partial charge in [-0.1, -0.05) is 13.8 Å². The van der Waals surface area contributed by atoms with Gasteiger partial charge in [-0.25, -0.2) is 0 Å². The zero-order chi connectivity index (χ0) is 9.03. The Balaban J connectivity index is 2.26. The van der Waals surface area contributed by atoms with E-state index in [0.29, 0.717) is 5.92 Å². The van der Waals surface area contributed by atoms with E-state index in [1.807, 2.05) is 0 Å². The molecule has 2 heteroatoms. The van der Waals surface area contributed by atoms with Gasteiger partial charge >= 0.3 is 0 Å². The molecule has 0 saturated carbocycles. The SMILES string of the molecule is CC(C)COC1(C)CCOCC1. The van der Waals surface area contributed by atoms with Gasteiger partial charge in [-0.05, 0) is 25.7 Å². The molecule has 0 N–H and O–H groups in total. The minimum Gasteiger partial charge on any atom is -0.381 e. The Kier molecular flexibility index (Phi) is 3.53. The molecule has 0 radical (unpaired) electrons. The average Bonchev–Trinajstić information content (AvgIpc) is 2.03. The van der Waals surface area contributed by atoms with E-state index in [2.05, 4.69) is 20.8 Å². The highest BCUT2D eigenvalue weighted by Gasteiger charge is 2.27. The van der Waals surface area contributed by atoms with Gasteiger partial charge in [0.2, 0.25) is 0 Å². The summed E-state index contributed by atoms with van der Waals surface area (Å²) in [5, 5.41) is 0. The van der Waals surface area contributed by atoms with E-state index < -0.39 is 0 Å². The van der Waals surface area contributed by atoms with E-state index in [9.17, 15) is 0 Å². The molecule has 1 aliphatic rings. The molecule has 1 fully saturated rings. The molecule has 72 valence electrons. The summed E-state index contributed by atoms with van der Waals surface area (Å²) >= 11 is 0. The van der Waals surface area contributed by atoms with E-state index in [1.54, 1.807) is 0 Å². The van der Waals surface area contributed by atoms with Crippen LogP contribution < -0.4 is 0 Å². The van der Waals surface area contributed by atoms with Gasteiger partial charge in [-0.15, -0.1) is 0 Å². The third kappa shape index (κ3) is 3.11. The van der Waals surface area contributed by atoms with E-state index in [0.717, 1.165) is 32.7 Å². The molecule has 1 saturated heterocycles. The largest absolute Gasteiger partial charge is 0.381 e. The lowest BCUT2D eigenvalue weighted by Crippen LogP contribution is -2.36. The molecule has 1 heterocycles. The summed E-state index contributed by atoms with van der Waals surface area (Å²) in [4.78, 5) is 0. The van der Waals surface area contributed by atoms with Gasteiger partial charge in [0.1, 0.15) is 0 Å². The van der Waals surface area contributed by atoms with Crippen LogP contribution in [0.4, 0.5) is 0 Å². The molecule has 2 nitrogen and oxygen atoms in total. The van der Waals surface area contributed by atoms with E-state index in [1.165, 1.54) is 0 Å². The zero-order valence-corrected chi connectivity index (χ0v) is 8.43. The lowest BCUT2D eigenvalue weighted by atomic mass is 9.96. The number of hydrogen-bond donors (Lipinski definition) is 0. The molecule has 0 aromatic rings. The van der Waals surface area contributed by atoms with Crippen LogP contribution >= 0.6 is 0 Å². The Morgan fingerprint density at radius 1 is 1.33 bits per heavy atom. The summed E-state index contributed by atoms with van der Waals surface area (Å²) < 4.78 is 11.1. The summed E-state index contributed by atoms with van der Waals surface area (Å²) in [6.07, 6.45) is 2.08. The number of hydrogen-bond acceptors (Lipinski definition) is 2. The molecular weight excluding hydrogens is 152 g/mol. The van der Waals surface area contributed by atoms with Crippen molar-refractivity contribution in [3.8, 4) is 0 Å². The first-order valence-corrected chi connectivity index (χ1v) is 4.84. The van der Waals surface area contributed by atoms with Gasteiger partial charge in [-0.2, -0.15) is 0 Å². The summed E-state index contributed by atoms with van der Waals surface area (Å²) in [5.74, 6) is 0.629. The van der Waals surface area contributed by atoms with Crippen LogP contribution in [0.2, 0.25) is 0 Å². The predicted molar refractivity (Wildman–Crippen MR) is 49.2 cm³/mol. The van der Waals surface area contributed by atoms with Crippen molar-refractivity contribution in [1.82, 2.24) is 0 Å². The van der Waals surface area contributed by atoms with Crippen LogP contribution in [0.3, 0.4) is 0 Å². The first-order chi connectivity index (χ1) is 5.62. The molecule has 0 aliphatic carbocycles. The third-order valence-corrected chi connectivity index (χ3v) is 2.32. The van der Waals surface area contributed by atoms with Crippen molar-refractivity contribution in [1.29, 1.82) is 0 Å². The fourth-order valence-corrected chi connectivity index (χ4v) is 1.32. The maximum atomic E-state index is 5.85. The Labute approximate surface area is 75.2 Å². The normalized spacial score (nSPS) is 23.0. The monoisotopic (exact) mass is 172 g/mol. The first-order valence-electron chi connectivity index (χ1n) is 4.84. The van der Waals surface area contributed by atoms with E-state index in [4.69, 9.17) is 9.47 Å². The minimum absolute atomic E-state index is 0.0858. The van der Waals surface area contributed by atoms with Crippen LogP contribution in [-0.2, 0) is 9.47 Å².